The average molecular weight is 468 g/mol. The average Bonchev–Trinajstić information content (AvgIpc) is 3.09. The van der Waals surface area contributed by atoms with Crippen molar-refractivity contribution in [2.24, 2.45) is 11.8 Å². The maximum atomic E-state index is 12.5. The fraction of sp³-hybridized carbons (Fsp3) is 0.722. The highest BCUT2D eigenvalue weighted by Gasteiger charge is 2.66. The molecule has 2 fully saturated rings. The lowest BCUT2D eigenvalue weighted by Gasteiger charge is -2.29. The number of carbonyl (C=O) groups excluding carboxylic acids is 4. The van der Waals surface area contributed by atoms with Crippen molar-refractivity contribution < 1.29 is 47.0 Å². The summed E-state index contributed by atoms with van der Waals surface area (Å²) in [5.41, 5.74) is -1.31. The highest BCUT2D eigenvalue weighted by atomic mass is 19.4. The molecule has 11 nitrogen and oxygen atoms in total. The van der Waals surface area contributed by atoms with Gasteiger partial charge in [0, 0.05) is 32.7 Å². The molecule has 32 heavy (non-hydrogen) atoms. The Balaban J connectivity index is 0.000000633. The number of methoxy groups -OCH3 is 1. The summed E-state index contributed by atoms with van der Waals surface area (Å²) in [5.74, 6) is -5.67. The summed E-state index contributed by atoms with van der Waals surface area (Å²) in [6.07, 6.45) is -5.08. The molecule has 0 aromatic carbocycles. The first-order valence-corrected chi connectivity index (χ1v) is 9.48. The number of aliphatic carboxylic acids is 1. The third-order valence-corrected chi connectivity index (χ3v) is 5.19. The van der Waals surface area contributed by atoms with E-state index >= 15 is 0 Å². The Bertz CT molecular complexity index is 789. The highest BCUT2D eigenvalue weighted by Crippen LogP contribution is 2.42. The van der Waals surface area contributed by atoms with Crippen molar-refractivity contribution in [3.63, 3.8) is 0 Å². The van der Waals surface area contributed by atoms with E-state index in [0.29, 0.717) is 0 Å². The van der Waals surface area contributed by atoms with Gasteiger partial charge < -0.3 is 20.1 Å². The standard InChI is InChI=1S/C16H26N4O5.C2HF3O2/c1-8(2)17-15(24)19(4)7-9-10-11(13(22)20(5)12(10)21)16(3,18-9)14(23)25-6;3-2(4,5)1(6)7/h8-11,18H,7H2,1-6H3,(H,17,24);(H,6,7)/t9-,10+,11-,16-;/m1./s1. The predicted octanol–water partition coefficient (Wildman–Crippen LogP) is -0.196. The van der Waals surface area contributed by atoms with Crippen LogP contribution in [0, 0.1) is 11.8 Å². The molecule has 0 radical (unpaired) electrons. The quantitative estimate of drug-likeness (QED) is 0.380. The number of urea groups is 1. The number of imide groups is 1. The van der Waals surface area contributed by atoms with Gasteiger partial charge in [-0.2, -0.15) is 13.2 Å². The number of rotatable bonds is 4. The van der Waals surface area contributed by atoms with Gasteiger partial charge in [-0.05, 0) is 20.8 Å². The van der Waals surface area contributed by atoms with Crippen molar-refractivity contribution in [1.29, 1.82) is 0 Å². The molecule has 2 aliphatic rings. The van der Waals surface area contributed by atoms with Gasteiger partial charge in [0.15, 0.2) is 0 Å². The molecule has 4 amide bonds. The molecule has 4 atom stereocenters. The zero-order valence-corrected chi connectivity index (χ0v) is 18.4. The van der Waals surface area contributed by atoms with E-state index in [1.807, 2.05) is 13.8 Å². The minimum Gasteiger partial charge on any atom is -0.475 e. The van der Waals surface area contributed by atoms with Crippen LogP contribution in [-0.2, 0) is 23.9 Å². The molecule has 0 bridgehead atoms. The Morgan fingerprint density at radius 2 is 1.78 bits per heavy atom. The first-order chi connectivity index (χ1) is 14.5. The van der Waals surface area contributed by atoms with Crippen molar-refractivity contribution in [1.82, 2.24) is 20.4 Å². The van der Waals surface area contributed by atoms with Crippen LogP contribution in [0.4, 0.5) is 18.0 Å². The normalized spacial score (nSPS) is 26.9. The Morgan fingerprint density at radius 1 is 1.28 bits per heavy atom. The van der Waals surface area contributed by atoms with Crippen molar-refractivity contribution in [3.8, 4) is 0 Å². The van der Waals surface area contributed by atoms with Gasteiger partial charge in [-0.25, -0.2) is 9.59 Å². The molecule has 0 aromatic rings. The van der Waals surface area contributed by atoms with Gasteiger partial charge in [-0.1, -0.05) is 0 Å². The van der Waals surface area contributed by atoms with Crippen LogP contribution in [0.3, 0.4) is 0 Å². The number of carboxylic acid groups (broad SMARTS) is 1. The second-order valence-electron chi connectivity index (χ2n) is 7.97. The lowest BCUT2D eigenvalue weighted by molar-refractivity contribution is -0.192. The number of hydrogen-bond donors (Lipinski definition) is 3. The number of carboxylic acids is 1. The summed E-state index contributed by atoms with van der Waals surface area (Å²) in [6.45, 7) is 5.43. The van der Waals surface area contributed by atoms with Crippen molar-refractivity contribution >= 4 is 29.8 Å². The lowest BCUT2D eigenvalue weighted by atomic mass is 9.81. The molecule has 0 saturated carbocycles. The zero-order chi connectivity index (χ0) is 25.2. The summed E-state index contributed by atoms with van der Waals surface area (Å²) >= 11 is 0. The number of ether oxygens (including phenoxy) is 1. The van der Waals surface area contributed by atoms with Crippen LogP contribution in [0.5, 0.6) is 0 Å². The molecule has 2 rings (SSSR count). The van der Waals surface area contributed by atoms with Crippen molar-refractivity contribution in [3.05, 3.63) is 0 Å². The number of nitrogens with one attached hydrogen (secondary N) is 2. The van der Waals surface area contributed by atoms with Gasteiger partial charge in [0.25, 0.3) is 0 Å². The number of nitrogens with zero attached hydrogens (tertiary/aromatic N) is 2. The molecule has 182 valence electrons. The smallest absolute Gasteiger partial charge is 0.475 e. The van der Waals surface area contributed by atoms with Crippen molar-refractivity contribution in [2.45, 2.75) is 44.6 Å². The number of likely N-dealkylation sites (tertiary alicyclic amines) is 1. The van der Waals surface area contributed by atoms with E-state index < -0.39 is 47.4 Å². The number of fused-ring (bicyclic) bond motifs is 1. The Hall–Kier alpha value is -2.90. The largest absolute Gasteiger partial charge is 0.490 e. The summed E-state index contributed by atoms with van der Waals surface area (Å²) in [5, 5.41) is 13.0. The van der Waals surface area contributed by atoms with Gasteiger partial charge in [0.05, 0.1) is 18.9 Å². The fourth-order valence-corrected chi connectivity index (χ4v) is 3.70. The van der Waals surface area contributed by atoms with E-state index in [9.17, 15) is 32.3 Å². The first kappa shape index (κ1) is 27.1. The Kier molecular flexibility index (Phi) is 8.23. The summed E-state index contributed by atoms with van der Waals surface area (Å²) < 4.78 is 36.6. The molecule has 2 aliphatic heterocycles. The maximum Gasteiger partial charge on any atom is 0.490 e. The molecule has 3 N–H and O–H groups in total. The minimum absolute atomic E-state index is 0.0274. The van der Waals surface area contributed by atoms with Gasteiger partial charge in [0.1, 0.15) is 5.54 Å². The second kappa shape index (κ2) is 9.71. The van der Waals surface area contributed by atoms with E-state index in [4.69, 9.17) is 14.6 Å². The number of amides is 4. The molecule has 0 unspecified atom stereocenters. The van der Waals surface area contributed by atoms with Crippen LogP contribution in [0.1, 0.15) is 20.8 Å². The van der Waals surface area contributed by atoms with Gasteiger partial charge in [-0.15, -0.1) is 0 Å². The van der Waals surface area contributed by atoms with Crippen LogP contribution in [0.2, 0.25) is 0 Å². The van der Waals surface area contributed by atoms with Crippen LogP contribution < -0.4 is 10.6 Å². The number of halogens is 3. The maximum absolute atomic E-state index is 12.5. The van der Waals surface area contributed by atoms with E-state index in [1.165, 1.54) is 19.1 Å². The third kappa shape index (κ3) is 5.47. The van der Waals surface area contributed by atoms with Gasteiger partial charge in [-0.3, -0.25) is 24.6 Å². The third-order valence-electron chi connectivity index (χ3n) is 5.19. The molecule has 0 aromatic heterocycles. The Morgan fingerprint density at radius 3 is 2.19 bits per heavy atom. The van der Waals surface area contributed by atoms with E-state index in [2.05, 4.69) is 10.6 Å². The number of alkyl halides is 3. The molecule has 0 spiro atoms. The van der Waals surface area contributed by atoms with E-state index in [-0.39, 0.29) is 24.5 Å². The fourth-order valence-electron chi connectivity index (χ4n) is 3.70. The molecule has 2 heterocycles. The minimum atomic E-state index is -5.08. The zero-order valence-electron chi connectivity index (χ0n) is 18.4. The lowest BCUT2D eigenvalue weighted by Crippen LogP contribution is -2.56. The SMILES string of the molecule is COC(=O)[C@]1(C)N[C@H](CN(C)C(=O)NC(C)C)[C@@H]2C(=O)N(C)C(=O)[C@@H]21.O=C(O)C(F)(F)F. The second-order valence-corrected chi connectivity index (χ2v) is 7.97. The van der Waals surface area contributed by atoms with Gasteiger partial charge in [0.2, 0.25) is 11.8 Å². The summed E-state index contributed by atoms with van der Waals surface area (Å²) in [6, 6.07) is -0.844. The monoisotopic (exact) mass is 468 g/mol. The first-order valence-electron chi connectivity index (χ1n) is 9.48. The number of carbonyl (C=O) groups is 5. The molecule has 0 aliphatic carbocycles. The van der Waals surface area contributed by atoms with Crippen LogP contribution in [-0.4, -0.2) is 96.2 Å². The highest BCUT2D eigenvalue weighted by molar-refractivity contribution is 6.09. The topological polar surface area (TPSA) is 145 Å². The molecule has 2 saturated heterocycles. The molecular formula is C18H27F3N4O7. The van der Waals surface area contributed by atoms with E-state index in [0.717, 1.165) is 4.90 Å². The summed E-state index contributed by atoms with van der Waals surface area (Å²) in [4.78, 5) is 60.8. The number of likely N-dealkylation sites (N-methyl/N-ethyl adjacent to an activating group) is 1. The number of esters is 1. The summed E-state index contributed by atoms with van der Waals surface area (Å²) in [7, 11) is 4.25. The molecular weight excluding hydrogens is 441 g/mol. The van der Waals surface area contributed by atoms with E-state index in [1.54, 1.807) is 14.0 Å². The Labute approximate surface area is 182 Å². The predicted molar refractivity (Wildman–Crippen MR) is 102 cm³/mol. The van der Waals surface area contributed by atoms with Crippen LogP contribution in [0.25, 0.3) is 0 Å². The van der Waals surface area contributed by atoms with Crippen LogP contribution in [0.15, 0.2) is 0 Å². The van der Waals surface area contributed by atoms with Crippen LogP contribution >= 0.6 is 0 Å². The van der Waals surface area contributed by atoms with Crippen molar-refractivity contribution in [2.75, 3.05) is 27.7 Å². The van der Waals surface area contributed by atoms with Gasteiger partial charge >= 0.3 is 24.1 Å². The number of hydrogen-bond acceptors (Lipinski definition) is 7. The molecule has 14 heteroatoms.